The number of halogens is 2. The summed E-state index contributed by atoms with van der Waals surface area (Å²) in [5.41, 5.74) is 4.78. The van der Waals surface area contributed by atoms with Gasteiger partial charge in [0.2, 0.25) is 0 Å². The van der Waals surface area contributed by atoms with Crippen molar-refractivity contribution in [2.45, 2.75) is 26.3 Å². The van der Waals surface area contributed by atoms with E-state index in [0.717, 1.165) is 6.07 Å². The molecule has 0 saturated carbocycles. The maximum Gasteiger partial charge on any atom is 0.312 e. The van der Waals surface area contributed by atoms with Gasteiger partial charge in [0.05, 0.1) is 30.0 Å². The van der Waals surface area contributed by atoms with Crippen LogP contribution in [0.5, 0.6) is 5.75 Å². The lowest BCUT2D eigenvalue weighted by molar-refractivity contribution is -0.142. The van der Waals surface area contributed by atoms with Crippen LogP contribution in [0.3, 0.4) is 0 Å². The van der Waals surface area contributed by atoms with Crippen molar-refractivity contribution in [3.63, 3.8) is 0 Å². The molecular formula is C11H14F2N2O3. The third kappa shape index (κ3) is 3.36. The summed E-state index contributed by atoms with van der Waals surface area (Å²) >= 11 is 0. The Morgan fingerprint density at radius 1 is 1.61 bits per heavy atom. The average molecular weight is 260 g/mol. The molecule has 100 valence electrons. The highest BCUT2D eigenvalue weighted by Crippen LogP contribution is 2.31. The van der Waals surface area contributed by atoms with Crippen LogP contribution in [-0.4, -0.2) is 22.7 Å². The fraction of sp³-hybridized carbons (Fsp3) is 0.455. The van der Waals surface area contributed by atoms with E-state index < -0.39 is 23.7 Å². The standard InChI is InChI=1S/C11H14F2N2O3/c1-2-18-9(16)4-8-10(17)7(11(12)13)3-6(5-14)15-8/h3,11,17H,2,4-5,14H2,1H3. The van der Waals surface area contributed by atoms with Gasteiger partial charge in [-0.3, -0.25) is 9.78 Å². The number of ether oxygens (including phenoxy) is 1. The average Bonchev–Trinajstić information content (AvgIpc) is 2.31. The van der Waals surface area contributed by atoms with Crippen LogP contribution >= 0.6 is 0 Å². The Labute approximate surface area is 103 Å². The fourth-order valence-corrected chi connectivity index (χ4v) is 1.42. The predicted octanol–water partition coefficient (Wildman–Crippen LogP) is 1.29. The highest BCUT2D eigenvalue weighted by molar-refractivity contribution is 5.73. The molecule has 0 atom stereocenters. The van der Waals surface area contributed by atoms with E-state index >= 15 is 0 Å². The van der Waals surface area contributed by atoms with E-state index in [1.807, 2.05) is 0 Å². The molecule has 0 fully saturated rings. The number of hydrogen-bond acceptors (Lipinski definition) is 5. The van der Waals surface area contributed by atoms with Gasteiger partial charge in [0.15, 0.2) is 0 Å². The molecule has 0 aliphatic carbocycles. The molecule has 7 heteroatoms. The molecule has 0 bridgehead atoms. The Kier molecular flexibility index (Phi) is 4.96. The molecule has 1 rings (SSSR count). The monoisotopic (exact) mass is 260 g/mol. The summed E-state index contributed by atoms with van der Waals surface area (Å²) in [5.74, 6) is -1.33. The van der Waals surface area contributed by atoms with E-state index in [4.69, 9.17) is 5.73 Å². The number of esters is 1. The van der Waals surface area contributed by atoms with Gasteiger partial charge in [-0.2, -0.15) is 0 Å². The summed E-state index contributed by atoms with van der Waals surface area (Å²) in [6.45, 7) is 1.72. The molecule has 0 aromatic carbocycles. The summed E-state index contributed by atoms with van der Waals surface area (Å²) in [4.78, 5) is 15.1. The first-order valence-corrected chi connectivity index (χ1v) is 5.35. The van der Waals surface area contributed by atoms with E-state index in [2.05, 4.69) is 9.72 Å². The van der Waals surface area contributed by atoms with E-state index in [0.29, 0.717) is 0 Å². The number of nitrogens with two attached hydrogens (primary N) is 1. The van der Waals surface area contributed by atoms with Crippen molar-refractivity contribution in [1.82, 2.24) is 4.98 Å². The molecule has 5 nitrogen and oxygen atoms in total. The van der Waals surface area contributed by atoms with Crippen molar-refractivity contribution in [2.24, 2.45) is 5.73 Å². The summed E-state index contributed by atoms with van der Waals surface area (Å²) in [5, 5.41) is 9.61. The number of carbonyl (C=O) groups is 1. The van der Waals surface area contributed by atoms with Gasteiger partial charge in [0.1, 0.15) is 5.75 Å². The van der Waals surface area contributed by atoms with Gasteiger partial charge in [-0.05, 0) is 13.0 Å². The molecule has 1 heterocycles. The summed E-state index contributed by atoms with van der Waals surface area (Å²) in [7, 11) is 0. The number of hydrogen-bond donors (Lipinski definition) is 2. The lowest BCUT2D eigenvalue weighted by atomic mass is 10.1. The van der Waals surface area contributed by atoms with Crippen LogP contribution in [0.1, 0.15) is 30.3 Å². The second-order valence-electron chi connectivity index (χ2n) is 3.48. The maximum atomic E-state index is 12.7. The van der Waals surface area contributed by atoms with Gasteiger partial charge in [0.25, 0.3) is 6.43 Å². The van der Waals surface area contributed by atoms with Gasteiger partial charge in [0, 0.05) is 6.54 Å². The lowest BCUT2D eigenvalue weighted by Crippen LogP contribution is -2.12. The van der Waals surface area contributed by atoms with Crippen LogP contribution in [0.15, 0.2) is 6.07 Å². The van der Waals surface area contributed by atoms with Crippen molar-refractivity contribution in [2.75, 3.05) is 6.61 Å². The minimum absolute atomic E-state index is 0.0597. The molecule has 0 aliphatic heterocycles. The number of pyridine rings is 1. The van der Waals surface area contributed by atoms with Crippen molar-refractivity contribution >= 4 is 5.97 Å². The third-order valence-corrected chi connectivity index (χ3v) is 2.21. The first-order valence-electron chi connectivity index (χ1n) is 5.35. The molecule has 0 saturated heterocycles. The van der Waals surface area contributed by atoms with E-state index in [9.17, 15) is 18.7 Å². The zero-order chi connectivity index (χ0) is 13.7. The number of rotatable bonds is 5. The second kappa shape index (κ2) is 6.25. The number of alkyl halides is 2. The Hall–Kier alpha value is -1.76. The molecule has 1 aromatic rings. The van der Waals surface area contributed by atoms with Crippen LogP contribution in [0.25, 0.3) is 0 Å². The third-order valence-electron chi connectivity index (χ3n) is 2.21. The molecule has 0 unspecified atom stereocenters. The summed E-state index contributed by atoms with van der Waals surface area (Å²) < 4.78 is 30.0. The van der Waals surface area contributed by atoms with Crippen LogP contribution < -0.4 is 5.73 Å². The number of carbonyl (C=O) groups excluding carboxylic acids is 1. The largest absolute Gasteiger partial charge is 0.506 e. The van der Waals surface area contributed by atoms with E-state index in [-0.39, 0.29) is 31.0 Å². The van der Waals surface area contributed by atoms with Gasteiger partial charge in [-0.25, -0.2) is 8.78 Å². The quantitative estimate of drug-likeness (QED) is 0.779. The Morgan fingerprint density at radius 3 is 2.78 bits per heavy atom. The molecule has 1 aromatic heterocycles. The predicted molar refractivity (Wildman–Crippen MR) is 59.1 cm³/mol. The van der Waals surface area contributed by atoms with Gasteiger partial charge >= 0.3 is 5.97 Å². The molecule has 0 amide bonds. The molecule has 18 heavy (non-hydrogen) atoms. The van der Waals surface area contributed by atoms with Crippen LogP contribution in [-0.2, 0) is 22.5 Å². The molecule has 0 spiro atoms. The molecule has 3 N–H and O–H groups in total. The van der Waals surface area contributed by atoms with Crippen molar-refractivity contribution in [3.05, 3.63) is 23.0 Å². The highest BCUT2D eigenvalue weighted by atomic mass is 19.3. The first kappa shape index (κ1) is 14.3. The zero-order valence-corrected chi connectivity index (χ0v) is 9.82. The van der Waals surface area contributed by atoms with Crippen molar-refractivity contribution in [3.8, 4) is 5.75 Å². The maximum absolute atomic E-state index is 12.7. The molecular weight excluding hydrogens is 246 g/mol. The van der Waals surface area contributed by atoms with Crippen LogP contribution in [0, 0.1) is 0 Å². The van der Waals surface area contributed by atoms with E-state index in [1.54, 1.807) is 6.92 Å². The molecule has 0 radical (unpaired) electrons. The van der Waals surface area contributed by atoms with Crippen LogP contribution in [0.4, 0.5) is 8.78 Å². The van der Waals surface area contributed by atoms with Crippen LogP contribution in [0.2, 0.25) is 0 Å². The Morgan fingerprint density at radius 2 is 2.28 bits per heavy atom. The van der Waals surface area contributed by atoms with Gasteiger partial charge < -0.3 is 15.6 Å². The van der Waals surface area contributed by atoms with Crippen molar-refractivity contribution in [1.29, 1.82) is 0 Å². The Balaban J connectivity index is 3.09. The molecule has 0 aliphatic rings. The lowest BCUT2D eigenvalue weighted by Gasteiger charge is -2.10. The number of aromatic nitrogens is 1. The fourth-order valence-electron chi connectivity index (χ4n) is 1.42. The summed E-state index contributed by atoms with van der Waals surface area (Å²) in [6.07, 6.45) is -3.23. The SMILES string of the molecule is CCOC(=O)Cc1nc(CN)cc(C(F)F)c1O. The topological polar surface area (TPSA) is 85.4 Å². The number of nitrogens with zero attached hydrogens (tertiary/aromatic N) is 1. The Bertz CT molecular complexity index is 439. The second-order valence-corrected chi connectivity index (χ2v) is 3.48. The van der Waals surface area contributed by atoms with Gasteiger partial charge in [-0.15, -0.1) is 0 Å². The number of aromatic hydroxyl groups is 1. The van der Waals surface area contributed by atoms with Gasteiger partial charge in [-0.1, -0.05) is 0 Å². The zero-order valence-electron chi connectivity index (χ0n) is 9.82. The minimum Gasteiger partial charge on any atom is -0.506 e. The first-order chi connectivity index (χ1) is 8.49. The normalized spacial score (nSPS) is 10.7. The minimum atomic E-state index is -2.86. The van der Waals surface area contributed by atoms with E-state index in [1.165, 1.54) is 0 Å². The highest BCUT2D eigenvalue weighted by Gasteiger charge is 2.20. The van der Waals surface area contributed by atoms with Crippen molar-refractivity contribution < 1.29 is 23.4 Å². The smallest absolute Gasteiger partial charge is 0.312 e. The summed E-state index contributed by atoms with van der Waals surface area (Å²) in [6, 6.07) is 1.02.